The van der Waals surface area contributed by atoms with Crippen molar-refractivity contribution in [1.29, 1.82) is 0 Å². The van der Waals surface area contributed by atoms with Crippen molar-refractivity contribution in [2.45, 2.75) is 11.8 Å². The molecule has 0 bridgehead atoms. The van der Waals surface area contributed by atoms with Gasteiger partial charge in [0.25, 0.3) is 10.0 Å². The van der Waals surface area contributed by atoms with Crippen LogP contribution in [-0.4, -0.2) is 34.0 Å². The predicted octanol–water partition coefficient (Wildman–Crippen LogP) is 4.69. The first-order chi connectivity index (χ1) is 15.3. The molecule has 0 aliphatic heterocycles. The molecule has 0 aliphatic carbocycles. The van der Waals surface area contributed by atoms with Gasteiger partial charge < -0.3 is 10.1 Å². The summed E-state index contributed by atoms with van der Waals surface area (Å²) in [4.78, 5) is 12.6. The number of aryl methyl sites for hydroxylation is 1. The van der Waals surface area contributed by atoms with E-state index < -0.39 is 22.5 Å². The molecular weight excluding hydrogens is 471 g/mol. The van der Waals surface area contributed by atoms with Gasteiger partial charge in [0.1, 0.15) is 18.9 Å². The Labute approximate surface area is 197 Å². The minimum Gasteiger partial charge on any atom is -0.492 e. The summed E-state index contributed by atoms with van der Waals surface area (Å²) in [7, 11) is -3.96. The van der Waals surface area contributed by atoms with E-state index in [1.807, 2.05) is 13.0 Å². The molecule has 0 saturated carbocycles. The SMILES string of the molecule is Cc1ccc(OCCNC(=O)CN(c2ccc(Cl)cc2)S(=O)(=O)c2ccccc2)cc1Cl. The Balaban J connectivity index is 1.67. The molecular formula is C23H22Cl2N2O4S. The van der Waals surface area contributed by atoms with Gasteiger partial charge in [0, 0.05) is 10.0 Å². The van der Waals surface area contributed by atoms with Gasteiger partial charge in [-0.15, -0.1) is 0 Å². The number of anilines is 1. The van der Waals surface area contributed by atoms with Crippen molar-refractivity contribution < 1.29 is 17.9 Å². The van der Waals surface area contributed by atoms with Gasteiger partial charge in [0.2, 0.25) is 5.91 Å². The van der Waals surface area contributed by atoms with Crippen LogP contribution in [0.3, 0.4) is 0 Å². The average Bonchev–Trinajstić information content (AvgIpc) is 2.78. The molecule has 0 atom stereocenters. The minimum absolute atomic E-state index is 0.0855. The first-order valence-electron chi connectivity index (χ1n) is 9.76. The van der Waals surface area contributed by atoms with Crippen molar-refractivity contribution in [1.82, 2.24) is 5.32 Å². The molecule has 0 aromatic heterocycles. The normalized spacial score (nSPS) is 11.1. The van der Waals surface area contributed by atoms with Crippen LogP contribution in [0.4, 0.5) is 5.69 Å². The molecule has 1 N–H and O–H groups in total. The smallest absolute Gasteiger partial charge is 0.264 e. The highest BCUT2D eigenvalue weighted by Crippen LogP contribution is 2.25. The largest absolute Gasteiger partial charge is 0.492 e. The molecule has 0 aliphatic rings. The lowest BCUT2D eigenvalue weighted by molar-refractivity contribution is -0.119. The number of hydrogen-bond donors (Lipinski definition) is 1. The fourth-order valence-electron chi connectivity index (χ4n) is 2.85. The fraction of sp³-hybridized carbons (Fsp3) is 0.174. The van der Waals surface area contributed by atoms with E-state index in [4.69, 9.17) is 27.9 Å². The summed E-state index contributed by atoms with van der Waals surface area (Å²) in [6, 6.07) is 19.5. The zero-order valence-corrected chi connectivity index (χ0v) is 19.6. The number of nitrogens with one attached hydrogen (secondary N) is 1. The molecule has 0 radical (unpaired) electrons. The van der Waals surface area contributed by atoms with E-state index in [0.29, 0.717) is 21.5 Å². The molecule has 3 aromatic carbocycles. The number of hydrogen-bond acceptors (Lipinski definition) is 4. The number of carbonyl (C=O) groups excluding carboxylic acids is 1. The third kappa shape index (κ3) is 6.16. The molecule has 6 nitrogen and oxygen atoms in total. The van der Waals surface area contributed by atoms with Crippen LogP contribution in [0.15, 0.2) is 77.7 Å². The van der Waals surface area contributed by atoms with Crippen molar-refractivity contribution in [3.63, 3.8) is 0 Å². The average molecular weight is 493 g/mol. The Kier molecular flexibility index (Phi) is 8.01. The standard InChI is InChI=1S/C23H22Cl2N2O4S/c1-17-7-12-20(15-22(17)25)31-14-13-26-23(28)16-27(19-10-8-18(24)9-11-19)32(29,30)21-5-3-2-4-6-21/h2-12,15H,13-14,16H2,1H3,(H,26,28). The molecule has 32 heavy (non-hydrogen) atoms. The van der Waals surface area contributed by atoms with Gasteiger partial charge in [-0.1, -0.05) is 47.5 Å². The number of carbonyl (C=O) groups is 1. The third-order valence-electron chi connectivity index (χ3n) is 4.57. The number of halogens is 2. The number of rotatable bonds is 9. The third-order valence-corrected chi connectivity index (χ3v) is 7.02. The monoisotopic (exact) mass is 492 g/mol. The van der Waals surface area contributed by atoms with Gasteiger partial charge in [0.15, 0.2) is 0 Å². The second-order valence-corrected chi connectivity index (χ2v) is 9.62. The van der Waals surface area contributed by atoms with Crippen molar-refractivity contribution in [3.05, 3.63) is 88.4 Å². The number of sulfonamides is 1. The molecule has 0 heterocycles. The van der Waals surface area contributed by atoms with E-state index in [2.05, 4.69) is 5.32 Å². The fourth-order valence-corrected chi connectivity index (χ4v) is 4.59. The molecule has 9 heteroatoms. The maximum atomic E-state index is 13.2. The van der Waals surface area contributed by atoms with Gasteiger partial charge in [-0.25, -0.2) is 8.42 Å². The number of benzene rings is 3. The Morgan fingerprint density at radius 1 is 1.00 bits per heavy atom. The lowest BCUT2D eigenvalue weighted by atomic mass is 10.2. The second kappa shape index (κ2) is 10.7. The highest BCUT2D eigenvalue weighted by atomic mass is 35.5. The van der Waals surface area contributed by atoms with Crippen molar-refractivity contribution >= 4 is 44.8 Å². The van der Waals surface area contributed by atoms with Crippen LogP contribution in [0, 0.1) is 6.92 Å². The Morgan fingerprint density at radius 2 is 1.69 bits per heavy atom. The summed E-state index contributed by atoms with van der Waals surface area (Å²) in [5.74, 6) is 0.120. The van der Waals surface area contributed by atoms with Crippen molar-refractivity contribution in [2.75, 3.05) is 24.0 Å². The summed E-state index contributed by atoms with van der Waals surface area (Å²) in [6.07, 6.45) is 0. The van der Waals surface area contributed by atoms with Gasteiger partial charge in [0.05, 0.1) is 17.1 Å². The van der Waals surface area contributed by atoms with Crippen LogP contribution in [0.5, 0.6) is 5.75 Å². The quantitative estimate of drug-likeness (QED) is 0.439. The molecule has 0 saturated heterocycles. The van der Waals surface area contributed by atoms with Crippen LogP contribution in [0.1, 0.15) is 5.56 Å². The number of amides is 1. The second-order valence-electron chi connectivity index (χ2n) is 6.91. The lowest BCUT2D eigenvalue weighted by Crippen LogP contribution is -2.41. The van der Waals surface area contributed by atoms with Crippen molar-refractivity contribution in [2.24, 2.45) is 0 Å². The van der Waals surface area contributed by atoms with E-state index in [1.165, 1.54) is 12.1 Å². The first kappa shape index (κ1) is 23.9. The summed E-state index contributed by atoms with van der Waals surface area (Å²) in [5, 5.41) is 3.74. The van der Waals surface area contributed by atoms with Gasteiger partial charge in [-0.2, -0.15) is 0 Å². The molecule has 0 spiro atoms. The predicted molar refractivity (Wildman–Crippen MR) is 127 cm³/mol. The maximum Gasteiger partial charge on any atom is 0.264 e. The highest BCUT2D eigenvalue weighted by molar-refractivity contribution is 7.92. The van der Waals surface area contributed by atoms with Crippen LogP contribution in [0.2, 0.25) is 10.0 Å². The molecule has 0 unspecified atom stereocenters. The van der Waals surface area contributed by atoms with Crippen LogP contribution >= 0.6 is 23.2 Å². The Hall–Kier alpha value is -2.74. The van der Waals surface area contributed by atoms with E-state index in [0.717, 1.165) is 9.87 Å². The molecule has 1 amide bonds. The topological polar surface area (TPSA) is 75.7 Å². The molecule has 3 aromatic rings. The summed E-state index contributed by atoms with van der Waals surface area (Å²) in [6.45, 7) is 1.90. The minimum atomic E-state index is -3.96. The van der Waals surface area contributed by atoms with Gasteiger partial charge in [-0.3, -0.25) is 9.10 Å². The Morgan fingerprint density at radius 3 is 2.34 bits per heavy atom. The highest BCUT2D eigenvalue weighted by Gasteiger charge is 2.27. The van der Waals surface area contributed by atoms with Gasteiger partial charge in [-0.05, 0) is 61.0 Å². The van der Waals surface area contributed by atoms with E-state index in [1.54, 1.807) is 54.6 Å². The van der Waals surface area contributed by atoms with Crippen molar-refractivity contribution in [3.8, 4) is 5.75 Å². The van der Waals surface area contributed by atoms with Crippen LogP contribution < -0.4 is 14.4 Å². The van der Waals surface area contributed by atoms with Crippen LogP contribution in [0.25, 0.3) is 0 Å². The van der Waals surface area contributed by atoms with Crippen LogP contribution in [-0.2, 0) is 14.8 Å². The summed E-state index contributed by atoms with van der Waals surface area (Å²) < 4.78 is 33.0. The van der Waals surface area contributed by atoms with E-state index >= 15 is 0 Å². The number of ether oxygens (including phenoxy) is 1. The maximum absolute atomic E-state index is 13.2. The van der Waals surface area contributed by atoms with E-state index in [9.17, 15) is 13.2 Å². The zero-order valence-electron chi connectivity index (χ0n) is 17.3. The van der Waals surface area contributed by atoms with Gasteiger partial charge >= 0.3 is 0 Å². The summed E-state index contributed by atoms with van der Waals surface area (Å²) >= 11 is 12.0. The molecule has 3 rings (SSSR count). The Bertz CT molecular complexity index is 1170. The lowest BCUT2D eigenvalue weighted by Gasteiger charge is -2.24. The zero-order chi connectivity index (χ0) is 23.1. The van der Waals surface area contributed by atoms with E-state index in [-0.39, 0.29) is 18.0 Å². The number of nitrogens with zero attached hydrogens (tertiary/aromatic N) is 1. The molecule has 0 fully saturated rings. The first-order valence-corrected chi connectivity index (χ1v) is 12.0. The molecule has 168 valence electrons. The summed E-state index contributed by atoms with van der Waals surface area (Å²) in [5.41, 5.74) is 1.27.